The number of anilines is 1. The zero-order valence-electron chi connectivity index (χ0n) is 14.4. The van der Waals surface area contributed by atoms with Gasteiger partial charge in [-0.05, 0) is 31.5 Å². The summed E-state index contributed by atoms with van der Waals surface area (Å²) in [6, 6.07) is 6.75. The lowest BCUT2D eigenvalue weighted by Crippen LogP contribution is -2.25. The number of aromatic nitrogens is 3. The van der Waals surface area contributed by atoms with Gasteiger partial charge in [0.1, 0.15) is 0 Å². The van der Waals surface area contributed by atoms with Crippen molar-refractivity contribution in [3.8, 4) is 0 Å². The molecule has 5 nitrogen and oxygen atoms in total. The number of para-hydroxylation sites is 1. The lowest BCUT2D eigenvalue weighted by atomic mass is 10.1. The zero-order chi connectivity index (χ0) is 19.1. The Morgan fingerprint density at radius 3 is 2.69 bits per heavy atom. The van der Waals surface area contributed by atoms with Crippen LogP contribution in [0.15, 0.2) is 24.3 Å². The molecule has 2 heterocycles. The third-order valence-electron chi connectivity index (χ3n) is 4.02. The molecule has 0 fully saturated rings. The molecule has 0 aliphatic heterocycles. The third kappa shape index (κ3) is 3.72. The van der Waals surface area contributed by atoms with Gasteiger partial charge in [0.05, 0.1) is 22.7 Å². The Labute approximate surface area is 151 Å². The number of nitrogens with one attached hydrogen (secondary N) is 1. The van der Waals surface area contributed by atoms with Crippen LogP contribution in [-0.4, -0.2) is 20.7 Å². The Morgan fingerprint density at radius 2 is 2.08 bits per heavy atom. The largest absolute Gasteiger partial charge is 0.435 e. The van der Waals surface area contributed by atoms with Crippen LogP contribution < -0.4 is 5.32 Å². The fourth-order valence-electron chi connectivity index (χ4n) is 2.54. The molecule has 1 amide bonds. The van der Waals surface area contributed by atoms with Crippen LogP contribution in [0.4, 0.5) is 18.3 Å². The minimum atomic E-state index is -4.50. The van der Waals surface area contributed by atoms with E-state index in [-0.39, 0.29) is 12.5 Å². The topological polar surface area (TPSA) is 59.8 Å². The molecule has 0 bridgehead atoms. The van der Waals surface area contributed by atoms with E-state index in [2.05, 4.69) is 15.4 Å². The molecule has 0 aliphatic carbocycles. The molecular weight excluding hydrogens is 365 g/mol. The summed E-state index contributed by atoms with van der Waals surface area (Å²) in [7, 11) is 0. The van der Waals surface area contributed by atoms with Gasteiger partial charge in [-0.15, -0.1) is 0 Å². The SMILES string of the molecule is Cc1cccc2sc(NC(=O)[C@@H](C)Cn3nc(C(F)(F)F)cc3C)nc12. The first-order valence-electron chi connectivity index (χ1n) is 7.94. The number of thiazole rings is 1. The average molecular weight is 382 g/mol. The van der Waals surface area contributed by atoms with Gasteiger partial charge in [-0.2, -0.15) is 18.3 Å². The molecule has 138 valence electrons. The van der Waals surface area contributed by atoms with Crippen LogP contribution in [0.2, 0.25) is 0 Å². The number of carbonyl (C=O) groups excluding carboxylic acids is 1. The van der Waals surface area contributed by atoms with E-state index in [1.165, 1.54) is 22.9 Å². The number of alkyl halides is 3. The summed E-state index contributed by atoms with van der Waals surface area (Å²) in [4.78, 5) is 16.8. The highest BCUT2D eigenvalue weighted by Gasteiger charge is 2.34. The Balaban J connectivity index is 1.71. The first kappa shape index (κ1) is 18.4. The van der Waals surface area contributed by atoms with Crippen molar-refractivity contribution in [3.63, 3.8) is 0 Å². The Bertz CT molecular complexity index is 961. The van der Waals surface area contributed by atoms with Crippen molar-refractivity contribution in [1.82, 2.24) is 14.8 Å². The average Bonchev–Trinajstić information content (AvgIpc) is 3.11. The highest BCUT2D eigenvalue weighted by molar-refractivity contribution is 7.22. The fraction of sp³-hybridized carbons (Fsp3) is 0.353. The maximum atomic E-state index is 12.7. The molecular formula is C17H17F3N4OS. The van der Waals surface area contributed by atoms with E-state index in [0.717, 1.165) is 21.8 Å². The van der Waals surface area contributed by atoms with Gasteiger partial charge in [0.25, 0.3) is 0 Å². The first-order chi connectivity index (χ1) is 12.1. The molecule has 0 spiro atoms. The van der Waals surface area contributed by atoms with Gasteiger partial charge in [-0.1, -0.05) is 30.4 Å². The molecule has 0 saturated carbocycles. The number of hydrogen-bond acceptors (Lipinski definition) is 4. The minimum absolute atomic E-state index is 0.0532. The van der Waals surface area contributed by atoms with Gasteiger partial charge in [0.15, 0.2) is 10.8 Å². The Hall–Kier alpha value is -2.42. The van der Waals surface area contributed by atoms with E-state index in [0.29, 0.717) is 10.8 Å². The number of fused-ring (bicyclic) bond motifs is 1. The number of carbonyl (C=O) groups is 1. The van der Waals surface area contributed by atoms with E-state index >= 15 is 0 Å². The van der Waals surface area contributed by atoms with Crippen molar-refractivity contribution in [2.24, 2.45) is 5.92 Å². The lowest BCUT2D eigenvalue weighted by Gasteiger charge is -2.12. The molecule has 0 unspecified atom stereocenters. The molecule has 0 radical (unpaired) electrons. The number of aryl methyl sites for hydroxylation is 2. The van der Waals surface area contributed by atoms with Crippen LogP contribution in [0.3, 0.4) is 0 Å². The summed E-state index contributed by atoms with van der Waals surface area (Å²) in [5, 5.41) is 6.77. The first-order valence-corrected chi connectivity index (χ1v) is 8.75. The van der Waals surface area contributed by atoms with Crippen LogP contribution in [0.5, 0.6) is 0 Å². The molecule has 1 atom stereocenters. The van der Waals surface area contributed by atoms with Crippen molar-refractivity contribution in [2.75, 3.05) is 5.32 Å². The predicted octanol–water partition coefficient (Wildman–Crippen LogP) is 4.40. The molecule has 0 aliphatic rings. The van der Waals surface area contributed by atoms with Gasteiger partial charge >= 0.3 is 6.18 Å². The number of benzene rings is 1. The predicted molar refractivity (Wildman–Crippen MR) is 94.1 cm³/mol. The highest BCUT2D eigenvalue weighted by atomic mass is 32.1. The number of nitrogens with zero attached hydrogens (tertiary/aromatic N) is 3. The van der Waals surface area contributed by atoms with Crippen LogP contribution in [0.1, 0.15) is 23.9 Å². The highest BCUT2D eigenvalue weighted by Crippen LogP contribution is 2.29. The second-order valence-corrected chi connectivity index (χ2v) is 7.21. The van der Waals surface area contributed by atoms with Gasteiger partial charge in [0.2, 0.25) is 5.91 Å². The van der Waals surface area contributed by atoms with Crippen molar-refractivity contribution >= 4 is 32.6 Å². The summed E-state index contributed by atoms with van der Waals surface area (Å²) in [6.45, 7) is 5.16. The number of rotatable bonds is 4. The molecule has 1 aromatic carbocycles. The maximum absolute atomic E-state index is 12.7. The van der Waals surface area contributed by atoms with Crippen LogP contribution in [0, 0.1) is 19.8 Å². The smallest absolute Gasteiger partial charge is 0.302 e. The fourth-order valence-corrected chi connectivity index (χ4v) is 3.49. The van der Waals surface area contributed by atoms with Gasteiger partial charge in [-0.3, -0.25) is 9.48 Å². The quantitative estimate of drug-likeness (QED) is 0.727. The number of amides is 1. The molecule has 3 aromatic rings. The molecule has 9 heteroatoms. The van der Waals surface area contributed by atoms with Crippen LogP contribution in [-0.2, 0) is 17.5 Å². The summed E-state index contributed by atoms with van der Waals surface area (Å²) < 4.78 is 40.4. The van der Waals surface area contributed by atoms with E-state index in [9.17, 15) is 18.0 Å². The van der Waals surface area contributed by atoms with E-state index in [1.54, 1.807) is 6.92 Å². The Morgan fingerprint density at radius 1 is 1.35 bits per heavy atom. The van der Waals surface area contributed by atoms with Crippen LogP contribution >= 0.6 is 11.3 Å². The van der Waals surface area contributed by atoms with Crippen molar-refractivity contribution in [3.05, 3.63) is 41.2 Å². The van der Waals surface area contributed by atoms with E-state index in [4.69, 9.17) is 0 Å². The number of hydrogen-bond donors (Lipinski definition) is 1. The molecule has 2 aromatic heterocycles. The maximum Gasteiger partial charge on any atom is 0.435 e. The summed E-state index contributed by atoms with van der Waals surface area (Å²) in [6.07, 6.45) is -4.50. The van der Waals surface area contributed by atoms with Crippen molar-refractivity contribution in [2.45, 2.75) is 33.5 Å². The second-order valence-electron chi connectivity index (χ2n) is 6.18. The van der Waals surface area contributed by atoms with E-state index < -0.39 is 17.8 Å². The Kier molecular flexibility index (Phi) is 4.74. The van der Waals surface area contributed by atoms with Gasteiger partial charge in [0, 0.05) is 5.69 Å². The second kappa shape index (κ2) is 6.71. The number of halogens is 3. The van der Waals surface area contributed by atoms with E-state index in [1.807, 2.05) is 25.1 Å². The summed E-state index contributed by atoms with van der Waals surface area (Å²) in [5.74, 6) is -0.882. The van der Waals surface area contributed by atoms with Crippen LogP contribution in [0.25, 0.3) is 10.2 Å². The summed E-state index contributed by atoms with van der Waals surface area (Å²) >= 11 is 1.36. The summed E-state index contributed by atoms with van der Waals surface area (Å²) in [5.41, 5.74) is 1.24. The third-order valence-corrected chi connectivity index (χ3v) is 4.95. The standard InChI is InChI=1S/C17H17F3N4OS/c1-9-5-4-6-12-14(9)21-16(26-12)22-15(25)10(2)8-24-11(3)7-13(23-24)17(18,19)20/h4-7,10H,8H2,1-3H3,(H,21,22,25)/t10-/m0/s1. The normalized spacial score (nSPS) is 13.2. The lowest BCUT2D eigenvalue weighted by molar-refractivity contribution is -0.141. The van der Waals surface area contributed by atoms with Crippen molar-refractivity contribution < 1.29 is 18.0 Å². The molecule has 3 rings (SSSR count). The monoisotopic (exact) mass is 382 g/mol. The molecule has 26 heavy (non-hydrogen) atoms. The van der Waals surface area contributed by atoms with Gasteiger partial charge in [-0.25, -0.2) is 4.98 Å². The van der Waals surface area contributed by atoms with Gasteiger partial charge < -0.3 is 5.32 Å². The minimum Gasteiger partial charge on any atom is -0.302 e. The zero-order valence-corrected chi connectivity index (χ0v) is 15.2. The van der Waals surface area contributed by atoms with Crippen molar-refractivity contribution in [1.29, 1.82) is 0 Å². The molecule has 1 N–H and O–H groups in total. The molecule has 0 saturated heterocycles.